The summed E-state index contributed by atoms with van der Waals surface area (Å²) in [6.07, 6.45) is 0.959. The summed E-state index contributed by atoms with van der Waals surface area (Å²) in [4.78, 5) is 10.1. The van der Waals surface area contributed by atoms with Gasteiger partial charge in [0.1, 0.15) is 5.01 Å². The quantitative estimate of drug-likeness (QED) is 0.542. The van der Waals surface area contributed by atoms with Crippen molar-refractivity contribution in [3.05, 3.63) is 63.6 Å². The lowest BCUT2D eigenvalue weighted by Gasteiger charge is -2.11. The molecule has 0 amide bonds. The summed E-state index contributed by atoms with van der Waals surface area (Å²) in [5, 5.41) is 10.4. The van der Waals surface area contributed by atoms with Crippen LogP contribution in [0.1, 0.15) is 21.1 Å². The van der Waals surface area contributed by atoms with Gasteiger partial charge in [-0.15, -0.1) is 11.3 Å². The summed E-state index contributed by atoms with van der Waals surface area (Å²) >= 11 is 1.73. The van der Waals surface area contributed by atoms with Crippen molar-refractivity contribution in [2.24, 2.45) is 4.99 Å². The first kappa shape index (κ1) is 17.4. The zero-order valence-corrected chi connectivity index (χ0v) is 15.8. The van der Waals surface area contributed by atoms with Crippen LogP contribution in [-0.2, 0) is 13.0 Å². The number of aliphatic imine (C=N–C) groups is 1. The molecule has 2 aromatic carbocycles. The molecule has 0 fully saturated rings. The van der Waals surface area contributed by atoms with E-state index in [2.05, 4.69) is 70.0 Å². The van der Waals surface area contributed by atoms with Gasteiger partial charge in [0.15, 0.2) is 5.96 Å². The molecule has 0 bridgehead atoms. The van der Waals surface area contributed by atoms with Crippen molar-refractivity contribution in [3.8, 4) is 0 Å². The van der Waals surface area contributed by atoms with Crippen molar-refractivity contribution in [2.75, 3.05) is 13.6 Å². The van der Waals surface area contributed by atoms with Gasteiger partial charge in [0, 0.05) is 18.5 Å². The minimum Gasteiger partial charge on any atom is -0.356 e. The largest absolute Gasteiger partial charge is 0.356 e. The first-order chi connectivity index (χ1) is 12.2. The van der Waals surface area contributed by atoms with Crippen LogP contribution in [0.2, 0.25) is 0 Å². The molecule has 2 N–H and O–H groups in total. The second-order valence-corrected chi connectivity index (χ2v) is 7.32. The third kappa shape index (κ3) is 4.57. The fourth-order valence-electron chi connectivity index (χ4n) is 2.71. The third-order valence-electron chi connectivity index (χ3n) is 4.22. The fraction of sp³-hybridized carbons (Fsp3) is 0.300. The molecular formula is C20H24N4S. The number of aryl methyl sites for hydroxylation is 2. The average Bonchev–Trinajstić information content (AvgIpc) is 2.95. The molecule has 0 unspecified atom stereocenters. The zero-order chi connectivity index (χ0) is 17.6. The molecule has 4 nitrogen and oxygen atoms in total. The van der Waals surface area contributed by atoms with Gasteiger partial charge in [-0.1, -0.05) is 42.5 Å². The number of rotatable bonds is 5. The molecule has 0 atom stereocenters. The maximum atomic E-state index is 4.55. The van der Waals surface area contributed by atoms with Gasteiger partial charge < -0.3 is 10.6 Å². The minimum absolute atomic E-state index is 0.703. The molecule has 5 heteroatoms. The maximum absolute atomic E-state index is 4.55. The number of aromatic nitrogens is 1. The van der Waals surface area contributed by atoms with Gasteiger partial charge in [-0.2, -0.15) is 0 Å². The average molecular weight is 353 g/mol. The van der Waals surface area contributed by atoms with Gasteiger partial charge in [-0.3, -0.25) is 4.99 Å². The van der Waals surface area contributed by atoms with Crippen LogP contribution in [0.5, 0.6) is 0 Å². The van der Waals surface area contributed by atoms with Gasteiger partial charge in [0.25, 0.3) is 0 Å². The monoisotopic (exact) mass is 352 g/mol. The van der Waals surface area contributed by atoms with E-state index in [0.29, 0.717) is 6.54 Å². The van der Waals surface area contributed by atoms with E-state index < -0.39 is 0 Å². The number of nitrogens with one attached hydrogen (secondary N) is 2. The van der Waals surface area contributed by atoms with Crippen LogP contribution >= 0.6 is 11.3 Å². The molecule has 0 aliphatic rings. The summed E-state index contributed by atoms with van der Waals surface area (Å²) < 4.78 is 0. The first-order valence-corrected chi connectivity index (χ1v) is 9.32. The van der Waals surface area contributed by atoms with Gasteiger partial charge in [0.05, 0.1) is 12.2 Å². The van der Waals surface area contributed by atoms with E-state index in [0.717, 1.165) is 29.6 Å². The van der Waals surface area contributed by atoms with Crippen molar-refractivity contribution < 1.29 is 0 Å². The summed E-state index contributed by atoms with van der Waals surface area (Å²) in [6.45, 7) is 5.70. The number of hydrogen-bond donors (Lipinski definition) is 2. The molecule has 130 valence electrons. The van der Waals surface area contributed by atoms with E-state index in [1.165, 1.54) is 21.2 Å². The van der Waals surface area contributed by atoms with Crippen molar-refractivity contribution in [1.29, 1.82) is 0 Å². The van der Waals surface area contributed by atoms with Crippen LogP contribution in [0.3, 0.4) is 0 Å². The van der Waals surface area contributed by atoms with Gasteiger partial charge in [-0.05, 0) is 36.6 Å². The van der Waals surface area contributed by atoms with E-state index in [-0.39, 0.29) is 0 Å². The second-order valence-electron chi connectivity index (χ2n) is 6.03. The number of fused-ring (bicyclic) bond motifs is 1. The van der Waals surface area contributed by atoms with Crippen LogP contribution in [0.4, 0.5) is 0 Å². The lowest BCUT2D eigenvalue weighted by atomic mass is 10.1. The van der Waals surface area contributed by atoms with E-state index >= 15 is 0 Å². The molecule has 25 heavy (non-hydrogen) atoms. The molecule has 0 aliphatic carbocycles. The van der Waals surface area contributed by atoms with Gasteiger partial charge in [0.2, 0.25) is 0 Å². The number of guanidine groups is 1. The molecule has 1 aromatic heterocycles. The topological polar surface area (TPSA) is 49.3 Å². The minimum atomic E-state index is 0.703. The maximum Gasteiger partial charge on any atom is 0.191 e. The lowest BCUT2D eigenvalue weighted by molar-refractivity contribution is 0.791. The highest BCUT2D eigenvalue weighted by Crippen LogP contribution is 2.16. The van der Waals surface area contributed by atoms with E-state index in [9.17, 15) is 0 Å². The van der Waals surface area contributed by atoms with Crippen molar-refractivity contribution in [2.45, 2.75) is 26.8 Å². The summed E-state index contributed by atoms with van der Waals surface area (Å²) in [7, 11) is 1.80. The molecule has 1 heterocycles. The number of nitrogens with zero attached hydrogens (tertiary/aromatic N) is 2. The Morgan fingerprint density at radius 1 is 1.08 bits per heavy atom. The van der Waals surface area contributed by atoms with E-state index in [1.54, 1.807) is 18.4 Å². The van der Waals surface area contributed by atoms with Crippen LogP contribution < -0.4 is 10.6 Å². The molecular weight excluding hydrogens is 328 g/mol. The van der Waals surface area contributed by atoms with Crippen molar-refractivity contribution in [3.63, 3.8) is 0 Å². The molecule has 0 radical (unpaired) electrons. The number of hydrogen-bond acceptors (Lipinski definition) is 3. The SMILES string of the molecule is CN=C(NCCc1ccc2ccccc2c1)NCc1nc(C)c(C)s1. The third-order valence-corrected chi connectivity index (χ3v) is 5.30. The Morgan fingerprint density at radius 2 is 1.88 bits per heavy atom. The molecule has 0 saturated heterocycles. The highest BCUT2D eigenvalue weighted by molar-refractivity contribution is 7.11. The number of benzene rings is 2. The molecule has 0 aliphatic heterocycles. The van der Waals surface area contributed by atoms with E-state index in [4.69, 9.17) is 0 Å². The Bertz CT molecular complexity index is 863. The van der Waals surface area contributed by atoms with Crippen LogP contribution in [0.15, 0.2) is 47.5 Å². The summed E-state index contributed by atoms with van der Waals surface area (Å²) in [5.74, 6) is 0.811. The molecule has 0 saturated carbocycles. The predicted molar refractivity (Wildman–Crippen MR) is 107 cm³/mol. The molecule has 3 rings (SSSR count). The smallest absolute Gasteiger partial charge is 0.191 e. The molecule has 0 spiro atoms. The van der Waals surface area contributed by atoms with Crippen molar-refractivity contribution >= 4 is 28.1 Å². The van der Waals surface area contributed by atoms with Gasteiger partial charge >= 0.3 is 0 Å². The van der Waals surface area contributed by atoms with Crippen LogP contribution in [-0.4, -0.2) is 24.5 Å². The normalized spacial score (nSPS) is 11.7. The molecule has 3 aromatic rings. The Morgan fingerprint density at radius 3 is 2.60 bits per heavy atom. The summed E-state index contributed by atoms with van der Waals surface area (Å²) in [5.41, 5.74) is 2.44. The second kappa shape index (κ2) is 8.12. The highest BCUT2D eigenvalue weighted by atomic mass is 32.1. The van der Waals surface area contributed by atoms with Crippen LogP contribution in [0.25, 0.3) is 10.8 Å². The lowest BCUT2D eigenvalue weighted by Crippen LogP contribution is -2.37. The van der Waals surface area contributed by atoms with Gasteiger partial charge in [-0.25, -0.2) is 4.98 Å². The fourth-order valence-corrected chi connectivity index (χ4v) is 3.59. The first-order valence-electron chi connectivity index (χ1n) is 8.51. The van der Waals surface area contributed by atoms with E-state index in [1.807, 2.05) is 6.92 Å². The number of thiazole rings is 1. The van der Waals surface area contributed by atoms with Crippen LogP contribution in [0, 0.1) is 13.8 Å². The Balaban J connectivity index is 1.50. The Hall–Kier alpha value is -2.40. The van der Waals surface area contributed by atoms with Crippen molar-refractivity contribution in [1.82, 2.24) is 15.6 Å². The Kier molecular flexibility index (Phi) is 5.66. The highest BCUT2D eigenvalue weighted by Gasteiger charge is 2.05. The zero-order valence-electron chi connectivity index (χ0n) is 15.0. The summed E-state index contributed by atoms with van der Waals surface area (Å²) in [6, 6.07) is 15.1. The standard InChI is InChI=1S/C20H24N4S/c1-14-15(2)25-19(24-14)13-23-20(21-3)22-11-10-16-8-9-17-6-4-5-7-18(17)12-16/h4-9,12H,10-11,13H2,1-3H3,(H2,21,22,23). The predicted octanol–water partition coefficient (Wildman–Crippen LogP) is 3.82. The Labute approximate surface area is 153 Å².